The van der Waals surface area contributed by atoms with Crippen LogP contribution < -0.4 is 0 Å². The lowest BCUT2D eigenvalue weighted by molar-refractivity contribution is -0.166. The van der Waals surface area contributed by atoms with Crippen LogP contribution in [0.25, 0.3) is 10.9 Å². The first-order valence-electron chi connectivity index (χ1n) is 11.5. The number of aliphatic hydroxyl groups excluding tert-OH is 1. The Bertz CT molecular complexity index is 1210. The van der Waals surface area contributed by atoms with Crippen LogP contribution in [0.3, 0.4) is 0 Å². The second-order valence-electron chi connectivity index (χ2n) is 9.15. The lowest BCUT2D eigenvalue weighted by Crippen LogP contribution is -2.67. The van der Waals surface area contributed by atoms with Crippen LogP contribution in [0.5, 0.6) is 0 Å². The number of carbonyl (C=O) groups is 2. The minimum Gasteiger partial charge on any atom is -0.396 e. The molecule has 0 spiro atoms. The number of nitrogens with zero attached hydrogens (tertiary/aromatic N) is 2. The summed E-state index contributed by atoms with van der Waals surface area (Å²) in [7, 11) is 0. The molecule has 1 aromatic heterocycles. The van der Waals surface area contributed by atoms with Gasteiger partial charge >= 0.3 is 0 Å². The van der Waals surface area contributed by atoms with Crippen molar-refractivity contribution in [2.45, 2.75) is 37.6 Å². The minimum absolute atomic E-state index is 0.0393. The highest BCUT2D eigenvalue weighted by Gasteiger charge is 2.56. The topological polar surface area (TPSA) is 76.6 Å². The predicted octanol–water partition coefficient (Wildman–Crippen LogP) is 4.02. The van der Waals surface area contributed by atoms with Crippen molar-refractivity contribution in [3.05, 3.63) is 70.4 Å². The van der Waals surface area contributed by atoms with E-state index in [1.54, 1.807) is 9.80 Å². The summed E-state index contributed by atoms with van der Waals surface area (Å²) in [6.45, 7) is 3.07. The van der Waals surface area contributed by atoms with E-state index in [4.69, 9.17) is 16.7 Å². The van der Waals surface area contributed by atoms with Crippen molar-refractivity contribution in [1.82, 2.24) is 14.8 Å². The number of aromatic nitrogens is 1. The molecule has 3 aromatic rings. The van der Waals surface area contributed by atoms with Crippen LogP contribution in [-0.4, -0.2) is 57.9 Å². The molecule has 0 aliphatic carbocycles. The zero-order chi connectivity index (χ0) is 23.2. The first-order valence-corrected chi connectivity index (χ1v) is 11.9. The number of halogens is 1. The number of carbonyl (C=O) groups excluding carboxylic acids is 2. The molecule has 3 heterocycles. The smallest absolute Gasteiger partial charge is 0.254 e. The summed E-state index contributed by atoms with van der Waals surface area (Å²) in [5.41, 5.74) is 2.83. The van der Waals surface area contributed by atoms with E-state index in [1.165, 1.54) is 0 Å². The lowest BCUT2D eigenvalue weighted by Gasteiger charge is -2.51. The SMILES string of the molecule is C[C@]12C(=O)N(CCCCCO)CC(=O)N1C[C@H](c1ccc(Cl)cc1)c1c2[nH]c2ccccc12. The number of aliphatic hydroxyl groups is 1. The maximum Gasteiger partial charge on any atom is 0.254 e. The maximum atomic E-state index is 13.9. The van der Waals surface area contributed by atoms with Crippen LogP contribution in [0.1, 0.15) is 48.9 Å². The fraction of sp³-hybridized carbons (Fsp3) is 0.385. The van der Waals surface area contributed by atoms with Crippen LogP contribution in [0, 0.1) is 0 Å². The number of aromatic amines is 1. The molecule has 2 aliphatic rings. The summed E-state index contributed by atoms with van der Waals surface area (Å²) >= 11 is 6.14. The molecule has 7 heteroatoms. The predicted molar refractivity (Wildman–Crippen MR) is 128 cm³/mol. The average Bonchev–Trinajstić information content (AvgIpc) is 3.21. The number of nitrogens with one attached hydrogen (secondary N) is 1. The third-order valence-electron chi connectivity index (χ3n) is 7.18. The van der Waals surface area contributed by atoms with Gasteiger partial charge in [-0.15, -0.1) is 0 Å². The Hall–Kier alpha value is -2.83. The Morgan fingerprint density at radius 3 is 2.61 bits per heavy atom. The molecule has 1 fully saturated rings. The Labute approximate surface area is 198 Å². The number of fused-ring (bicyclic) bond motifs is 5. The van der Waals surface area contributed by atoms with Gasteiger partial charge in [-0.25, -0.2) is 0 Å². The van der Waals surface area contributed by atoms with Crippen molar-refractivity contribution in [3.8, 4) is 0 Å². The number of hydrogen-bond donors (Lipinski definition) is 2. The third-order valence-corrected chi connectivity index (χ3v) is 7.43. The van der Waals surface area contributed by atoms with E-state index in [-0.39, 0.29) is 30.9 Å². The number of para-hydroxylation sites is 1. The van der Waals surface area contributed by atoms with Crippen LogP contribution in [0.15, 0.2) is 48.5 Å². The van der Waals surface area contributed by atoms with Gasteiger partial charge < -0.3 is 19.9 Å². The quantitative estimate of drug-likeness (QED) is 0.540. The highest BCUT2D eigenvalue weighted by molar-refractivity contribution is 6.30. The number of unbranched alkanes of at least 4 members (excludes halogenated alkanes) is 2. The highest BCUT2D eigenvalue weighted by Crippen LogP contribution is 2.48. The van der Waals surface area contributed by atoms with E-state index < -0.39 is 5.54 Å². The normalized spacial score (nSPS) is 22.6. The maximum absolute atomic E-state index is 13.9. The summed E-state index contributed by atoms with van der Waals surface area (Å²) in [5.74, 6) is -0.148. The summed E-state index contributed by atoms with van der Waals surface area (Å²) in [6.07, 6.45) is 2.29. The number of piperazine rings is 1. The van der Waals surface area contributed by atoms with Gasteiger partial charge in [0.15, 0.2) is 5.54 Å². The van der Waals surface area contributed by atoms with Crippen LogP contribution in [-0.2, 0) is 15.1 Å². The number of H-pyrrole nitrogens is 1. The van der Waals surface area contributed by atoms with Crippen molar-refractivity contribution < 1.29 is 14.7 Å². The highest BCUT2D eigenvalue weighted by atomic mass is 35.5. The molecule has 0 radical (unpaired) electrons. The number of benzene rings is 2. The van der Waals surface area contributed by atoms with Crippen LogP contribution in [0.2, 0.25) is 5.02 Å². The standard InChI is InChI=1S/C26H28ClN3O3/c1-26-24-23(19-7-3-4-8-21(19)28-24)20(17-9-11-18(27)12-10-17)15-30(26)22(32)16-29(25(26)33)13-5-2-6-14-31/h3-4,7-12,20,28,31H,2,5-6,13-16H2,1H3/t20-,26+/m1/s1. The molecule has 172 valence electrons. The van der Waals surface area contributed by atoms with E-state index in [1.807, 2.05) is 49.4 Å². The van der Waals surface area contributed by atoms with Gasteiger partial charge in [-0.1, -0.05) is 41.9 Å². The molecule has 6 nitrogen and oxygen atoms in total. The van der Waals surface area contributed by atoms with Gasteiger partial charge in [0.1, 0.15) is 0 Å². The molecule has 2 aliphatic heterocycles. The monoisotopic (exact) mass is 465 g/mol. The molecule has 2 aromatic carbocycles. The molecular formula is C26H28ClN3O3. The van der Waals surface area contributed by atoms with E-state index >= 15 is 0 Å². The van der Waals surface area contributed by atoms with Crippen LogP contribution in [0.4, 0.5) is 0 Å². The second-order valence-corrected chi connectivity index (χ2v) is 9.59. The Balaban J connectivity index is 1.62. The molecule has 0 bridgehead atoms. The molecule has 33 heavy (non-hydrogen) atoms. The Morgan fingerprint density at radius 1 is 1.09 bits per heavy atom. The molecule has 0 saturated carbocycles. The van der Waals surface area contributed by atoms with E-state index in [0.717, 1.165) is 40.6 Å². The average molecular weight is 466 g/mol. The summed E-state index contributed by atoms with van der Waals surface area (Å²) < 4.78 is 0. The second kappa shape index (κ2) is 8.50. The number of rotatable bonds is 6. The summed E-state index contributed by atoms with van der Waals surface area (Å²) in [4.78, 5) is 34.2. The molecule has 2 atom stereocenters. The molecule has 0 unspecified atom stereocenters. The molecule has 5 rings (SSSR count). The van der Waals surface area contributed by atoms with Crippen LogP contribution >= 0.6 is 11.6 Å². The van der Waals surface area contributed by atoms with Crippen molar-refractivity contribution in [2.24, 2.45) is 0 Å². The van der Waals surface area contributed by atoms with Gasteiger partial charge in [0.25, 0.3) is 5.91 Å². The molecule has 1 saturated heterocycles. The Kier molecular flexibility index (Phi) is 5.67. The van der Waals surface area contributed by atoms with Gasteiger partial charge in [-0.05, 0) is 55.5 Å². The van der Waals surface area contributed by atoms with Gasteiger partial charge in [0.2, 0.25) is 5.91 Å². The van der Waals surface area contributed by atoms with Crippen molar-refractivity contribution in [1.29, 1.82) is 0 Å². The molecule has 2 amide bonds. The van der Waals surface area contributed by atoms with Crippen molar-refractivity contribution >= 4 is 34.3 Å². The lowest BCUT2D eigenvalue weighted by atomic mass is 9.76. The largest absolute Gasteiger partial charge is 0.396 e. The summed E-state index contributed by atoms with van der Waals surface area (Å²) in [6, 6.07) is 15.8. The van der Waals surface area contributed by atoms with Gasteiger partial charge in [0.05, 0.1) is 12.2 Å². The van der Waals surface area contributed by atoms with Crippen molar-refractivity contribution in [3.63, 3.8) is 0 Å². The number of hydrogen-bond acceptors (Lipinski definition) is 3. The fourth-order valence-electron chi connectivity index (χ4n) is 5.44. The third kappa shape index (κ3) is 3.52. The first-order chi connectivity index (χ1) is 15.9. The van der Waals surface area contributed by atoms with E-state index in [0.29, 0.717) is 24.5 Å². The molecular weight excluding hydrogens is 438 g/mol. The van der Waals surface area contributed by atoms with E-state index in [9.17, 15) is 9.59 Å². The zero-order valence-corrected chi connectivity index (χ0v) is 19.4. The number of amides is 2. The minimum atomic E-state index is -1.08. The van der Waals surface area contributed by atoms with E-state index in [2.05, 4.69) is 11.1 Å². The Morgan fingerprint density at radius 2 is 1.85 bits per heavy atom. The van der Waals surface area contributed by atoms with Gasteiger partial charge in [-0.2, -0.15) is 0 Å². The fourth-order valence-corrected chi connectivity index (χ4v) is 5.57. The molecule has 2 N–H and O–H groups in total. The first kappa shape index (κ1) is 22.0. The van der Waals surface area contributed by atoms with Gasteiger partial charge in [-0.3, -0.25) is 9.59 Å². The zero-order valence-electron chi connectivity index (χ0n) is 18.7. The van der Waals surface area contributed by atoms with Gasteiger partial charge in [0, 0.05) is 41.5 Å². The van der Waals surface area contributed by atoms with Crippen molar-refractivity contribution in [2.75, 3.05) is 26.2 Å². The summed E-state index contributed by atoms with van der Waals surface area (Å²) in [5, 5.41) is 10.8.